The summed E-state index contributed by atoms with van der Waals surface area (Å²) in [5.41, 5.74) is 13.9. The molecule has 4 rings (SSSR count). The highest BCUT2D eigenvalue weighted by Gasteiger charge is 2.44. The zero-order valence-corrected chi connectivity index (χ0v) is 23.3. The molecule has 0 spiro atoms. The summed E-state index contributed by atoms with van der Waals surface area (Å²) in [7, 11) is 3.45. The minimum atomic E-state index is -1.41. The summed E-state index contributed by atoms with van der Waals surface area (Å²) in [6, 6.07) is 16.2. The number of guanidine groups is 2. The highest BCUT2D eigenvalue weighted by atomic mass is 32.1. The number of nitrogens with two attached hydrogens (primary N) is 2. The summed E-state index contributed by atoms with van der Waals surface area (Å²) in [5, 5.41) is 46.7. The lowest BCUT2D eigenvalue weighted by Crippen LogP contribution is -2.55. The number of rotatable bonds is 5. The summed E-state index contributed by atoms with van der Waals surface area (Å²) in [6.07, 6.45) is -5.21. The largest absolute Gasteiger partial charge is 0.394 e. The van der Waals surface area contributed by atoms with E-state index in [0.717, 1.165) is 26.4 Å². The second-order valence-electron chi connectivity index (χ2n) is 9.63. The van der Waals surface area contributed by atoms with Crippen LogP contribution in [0.3, 0.4) is 0 Å². The number of thiophene rings is 1. The zero-order chi connectivity index (χ0) is 29.6. The zero-order valence-electron chi connectivity index (χ0n) is 22.5. The van der Waals surface area contributed by atoms with Gasteiger partial charge in [0.1, 0.15) is 36.3 Å². The van der Waals surface area contributed by atoms with Crippen LogP contribution in [0.5, 0.6) is 0 Å². The molecule has 5 atom stereocenters. The van der Waals surface area contributed by atoms with E-state index < -0.39 is 37.1 Å². The maximum atomic E-state index is 13.2. The van der Waals surface area contributed by atoms with Gasteiger partial charge in [-0.2, -0.15) is 4.99 Å². The van der Waals surface area contributed by atoms with Gasteiger partial charge < -0.3 is 41.5 Å². The van der Waals surface area contributed by atoms with E-state index in [-0.39, 0.29) is 17.7 Å². The van der Waals surface area contributed by atoms with E-state index in [9.17, 15) is 24.8 Å². The van der Waals surface area contributed by atoms with Crippen LogP contribution in [0.2, 0.25) is 0 Å². The predicted octanol–water partition coefficient (Wildman–Crippen LogP) is 1.72. The molecule has 2 aromatic carbocycles. The molecule has 2 heterocycles. The summed E-state index contributed by atoms with van der Waals surface area (Å²) in [4.78, 5) is 7.22. The molecule has 0 radical (unpaired) electrons. The van der Waals surface area contributed by atoms with E-state index in [1.165, 1.54) is 12.1 Å². The third-order valence-electron chi connectivity index (χ3n) is 6.44. The van der Waals surface area contributed by atoms with E-state index in [4.69, 9.17) is 21.6 Å². The second-order valence-corrected chi connectivity index (χ2v) is 10.8. The van der Waals surface area contributed by atoms with Crippen LogP contribution < -0.4 is 11.5 Å². The van der Waals surface area contributed by atoms with E-state index in [2.05, 4.69) is 4.99 Å². The molecule has 40 heavy (non-hydrogen) atoms. The van der Waals surface area contributed by atoms with Crippen molar-refractivity contribution in [2.24, 2.45) is 16.5 Å². The number of nitrogens with one attached hydrogen (secondary N) is 1. The van der Waals surface area contributed by atoms with Crippen LogP contribution in [0.1, 0.15) is 27.7 Å². The van der Waals surface area contributed by atoms with Crippen molar-refractivity contribution < 1.29 is 29.6 Å². The van der Waals surface area contributed by atoms with Gasteiger partial charge in [0.25, 0.3) is 0 Å². The predicted molar refractivity (Wildman–Crippen MR) is 154 cm³/mol. The average molecular weight is 574 g/mol. The Morgan fingerprint density at radius 2 is 1.70 bits per heavy atom. The topological polar surface area (TPSA) is 182 Å². The van der Waals surface area contributed by atoms with E-state index in [1.54, 1.807) is 42.5 Å². The van der Waals surface area contributed by atoms with Gasteiger partial charge >= 0.3 is 0 Å². The number of aliphatic hydroxyl groups excluding tert-OH is 4. The number of aryl methyl sites for hydroxylation is 1. The number of halogens is 1. The van der Waals surface area contributed by atoms with Gasteiger partial charge in [0, 0.05) is 30.3 Å². The van der Waals surface area contributed by atoms with Crippen molar-refractivity contribution in [3.05, 3.63) is 82.0 Å². The van der Waals surface area contributed by atoms with Gasteiger partial charge in [-0.15, -0.1) is 11.3 Å². The maximum Gasteiger partial charge on any atom is 0.215 e. The molecule has 0 saturated carbocycles. The molecule has 0 unspecified atom stereocenters. The Morgan fingerprint density at radius 1 is 1.02 bits per heavy atom. The Kier molecular flexibility index (Phi) is 10.7. The van der Waals surface area contributed by atoms with Crippen molar-refractivity contribution in [1.29, 1.82) is 5.41 Å². The summed E-state index contributed by atoms with van der Waals surface area (Å²) in [5.74, 6) is -0.301. The first-order valence-corrected chi connectivity index (χ1v) is 13.3. The first-order chi connectivity index (χ1) is 18.9. The standard InChI is InChI=1S/C24H25FO5S.C4H11N5/c1-13-2-3-15(24-23(29)22(28)21(27)19(12-26)30-24)10-16(13)11-18-8-9-20(31-18)14-4-6-17(25)7-5-14;1-9(2)4(7)8-3(5)6/h2-10,19,21-24,26-29H,11-12H2,1H3;1-2H3,(H5,5,6,7,8)/t19-,21-,22+,23-,24+;/m1./s1. The van der Waals surface area contributed by atoms with Crippen LogP contribution >= 0.6 is 11.3 Å². The van der Waals surface area contributed by atoms with Crippen LogP contribution in [0.4, 0.5) is 4.39 Å². The van der Waals surface area contributed by atoms with E-state index in [1.807, 2.05) is 37.3 Å². The third kappa shape index (κ3) is 7.84. The maximum absolute atomic E-state index is 13.2. The van der Waals surface area contributed by atoms with Gasteiger partial charge in [-0.3, -0.25) is 5.41 Å². The molecule has 1 aliphatic rings. The monoisotopic (exact) mass is 573 g/mol. The van der Waals surface area contributed by atoms with Crippen LogP contribution in [0.15, 0.2) is 59.6 Å². The second kappa shape index (κ2) is 13.8. The molecule has 0 bridgehead atoms. The molecule has 1 saturated heterocycles. The lowest BCUT2D eigenvalue weighted by atomic mass is 9.89. The molecular weight excluding hydrogens is 537 g/mol. The van der Waals surface area contributed by atoms with Gasteiger partial charge in [0.2, 0.25) is 5.96 Å². The van der Waals surface area contributed by atoms with E-state index >= 15 is 0 Å². The number of ether oxygens (including phenoxy) is 1. The van der Waals surface area contributed by atoms with Crippen LogP contribution in [0, 0.1) is 18.2 Å². The summed E-state index contributed by atoms with van der Waals surface area (Å²) < 4.78 is 18.9. The summed E-state index contributed by atoms with van der Waals surface area (Å²) >= 11 is 1.63. The fourth-order valence-electron chi connectivity index (χ4n) is 4.09. The first kappa shape index (κ1) is 31.1. The van der Waals surface area contributed by atoms with Crippen molar-refractivity contribution >= 4 is 23.3 Å². The van der Waals surface area contributed by atoms with Gasteiger partial charge in [-0.1, -0.05) is 30.3 Å². The van der Waals surface area contributed by atoms with Crippen LogP contribution in [-0.2, 0) is 11.2 Å². The number of aliphatic imine (C=N–C) groups is 1. The van der Waals surface area contributed by atoms with Gasteiger partial charge in [0.05, 0.1) is 6.61 Å². The van der Waals surface area contributed by atoms with Crippen LogP contribution in [-0.4, -0.2) is 82.4 Å². The Bertz CT molecular complexity index is 1310. The van der Waals surface area contributed by atoms with Gasteiger partial charge in [0.15, 0.2) is 5.96 Å². The molecular formula is C28H36FN5O5S. The lowest BCUT2D eigenvalue weighted by Gasteiger charge is -2.40. The van der Waals surface area contributed by atoms with Crippen LogP contribution in [0.25, 0.3) is 10.4 Å². The number of hydrogen-bond donors (Lipinski definition) is 7. The summed E-state index contributed by atoms with van der Waals surface area (Å²) in [6.45, 7) is 1.54. The Morgan fingerprint density at radius 3 is 2.27 bits per heavy atom. The molecule has 12 heteroatoms. The highest BCUT2D eigenvalue weighted by Crippen LogP contribution is 2.35. The van der Waals surface area contributed by atoms with Crippen molar-refractivity contribution in [1.82, 2.24) is 4.90 Å². The minimum Gasteiger partial charge on any atom is -0.394 e. The molecule has 216 valence electrons. The number of benzene rings is 2. The molecule has 0 amide bonds. The minimum absolute atomic E-state index is 0.238. The Labute approximate surface area is 236 Å². The Balaban J connectivity index is 0.000000424. The molecule has 1 aliphatic heterocycles. The SMILES string of the molecule is CN(C)/C(N)=N/C(=N)N.Cc1ccc([C@@H]2O[C@H](CO)[C@@H](O)[C@H](O)[C@H]2O)cc1Cc1ccc(-c2ccc(F)cc2)s1. The molecule has 3 aromatic rings. The quantitative estimate of drug-likeness (QED) is 0.178. The normalized spacial score (nSPS) is 22.8. The average Bonchev–Trinajstić information content (AvgIpc) is 3.38. The fraction of sp³-hybridized carbons (Fsp3) is 0.357. The number of hydrogen-bond acceptors (Lipinski definition) is 7. The molecule has 10 nitrogen and oxygen atoms in total. The highest BCUT2D eigenvalue weighted by molar-refractivity contribution is 7.15. The van der Waals surface area contributed by atoms with Crippen molar-refractivity contribution in [3.63, 3.8) is 0 Å². The van der Waals surface area contributed by atoms with Crippen molar-refractivity contribution in [3.8, 4) is 10.4 Å². The smallest absolute Gasteiger partial charge is 0.215 e. The molecule has 0 aliphatic carbocycles. The molecule has 9 N–H and O–H groups in total. The van der Waals surface area contributed by atoms with Gasteiger partial charge in [-0.25, -0.2) is 4.39 Å². The molecule has 1 fully saturated rings. The van der Waals surface area contributed by atoms with Gasteiger partial charge in [-0.05, 0) is 53.4 Å². The fourth-order valence-corrected chi connectivity index (χ4v) is 5.13. The van der Waals surface area contributed by atoms with Crippen molar-refractivity contribution in [2.45, 2.75) is 43.9 Å². The van der Waals surface area contributed by atoms with E-state index in [0.29, 0.717) is 12.0 Å². The van der Waals surface area contributed by atoms with Crippen molar-refractivity contribution in [2.75, 3.05) is 20.7 Å². The first-order valence-electron chi connectivity index (χ1n) is 12.5. The Hall–Kier alpha value is -3.39. The third-order valence-corrected chi connectivity index (χ3v) is 7.58. The number of aliphatic hydroxyl groups is 4. The molecule has 1 aromatic heterocycles. The number of nitrogens with zero attached hydrogens (tertiary/aromatic N) is 2. The lowest BCUT2D eigenvalue weighted by molar-refractivity contribution is -0.231.